The van der Waals surface area contributed by atoms with Crippen LogP contribution >= 0.6 is 0 Å². The van der Waals surface area contributed by atoms with Crippen LogP contribution < -0.4 is 15.0 Å². The summed E-state index contributed by atoms with van der Waals surface area (Å²) in [6.45, 7) is 8.10. The van der Waals surface area contributed by atoms with Crippen LogP contribution in [-0.2, 0) is 4.79 Å². The molecule has 4 heteroatoms. The van der Waals surface area contributed by atoms with Gasteiger partial charge in [0, 0.05) is 6.04 Å². The first-order valence-electron chi connectivity index (χ1n) is 8.45. The Bertz CT molecular complexity index is 560. The normalized spacial score (nSPS) is 21.4. The van der Waals surface area contributed by atoms with Gasteiger partial charge in [0.15, 0.2) is 5.60 Å². The molecule has 2 heterocycles. The van der Waals surface area contributed by atoms with Crippen LogP contribution in [0.5, 0.6) is 5.75 Å². The lowest BCUT2D eigenvalue weighted by molar-refractivity contribution is -0.137. The first-order valence-corrected chi connectivity index (χ1v) is 8.45. The van der Waals surface area contributed by atoms with E-state index in [1.54, 1.807) is 0 Å². The first-order chi connectivity index (χ1) is 10.6. The second-order valence-corrected chi connectivity index (χ2v) is 6.43. The van der Waals surface area contributed by atoms with E-state index < -0.39 is 5.60 Å². The van der Waals surface area contributed by atoms with E-state index in [9.17, 15) is 4.79 Å². The van der Waals surface area contributed by atoms with Gasteiger partial charge >= 0.3 is 0 Å². The quantitative estimate of drug-likeness (QED) is 0.933. The number of amides is 1. The number of carbonyl (C=O) groups excluding carboxylic acids is 1. The molecule has 1 saturated heterocycles. The second-order valence-electron chi connectivity index (χ2n) is 6.43. The van der Waals surface area contributed by atoms with Crippen molar-refractivity contribution in [3.8, 4) is 5.75 Å². The molecule has 1 fully saturated rings. The maximum absolute atomic E-state index is 13.3. The highest BCUT2D eigenvalue weighted by Crippen LogP contribution is 2.43. The van der Waals surface area contributed by atoms with Crippen molar-refractivity contribution in [1.82, 2.24) is 5.32 Å². The Balaban J connectivity index is 2.08. The minimum absolute atomic E-state index is 0.141. The largest absolute Gasteiger partial charge is 0.475 e. The van der Waals surface area contributed by atoms with Crippen molar-refractivity contribution in [2.75, 3.05) is 18.0 Å². The molecule has 0 unspecified atom stereocenters. The summed E-state index contributed by atoms with van der Waals surface area (Å²) in [5.74, 6) is 0.995. The fraction of sp³-hybridized carbons (Fsp3) is 0.611. The van der Waals surface area contributed by atoms with Gasteiger partial charge in [-0.05, 0) is 63.4 Å². The van der Waals surface area contributed by atoms with Crippen LogP contribution in [0.1, 0.15) is 45.1 Å². The molecule has 2 aliphatic heterocycles. The molecule has 0 radical (unpaired) electrons. The molecule has 3 rings (SSSR count). The molecular formula is C18H26N2O2. The zero-order valence-electron chi connectivity index (χ0n) is 13.8. The molecule has 0 bridgehead atoms. The molecule has 120 valence electrons. The topological polar surface area (TPSA) is 41.6 Å². The van der Waals surface area contributed by atoms with E-state index in [0.717, 1.165) is 42.9 Å². The molecule has 2 aliphatic rings. The van der Waals surface area contributed by atoms with Crippen molar-refractivity contribution in [1.29, 1.82) is 0 Å². The zero-order valence-corrected chi connectivity index (χ0v) is 13.8. The van der Waals surface area contributed by atoms with Crippen LogP contribution in [0.3, 0.4) is 0 Å². The summed E-state index contributed by atoms with van der Waals surface area (Å²) in [4.78, 5) is 15.3. The van der Waals surface area contributed by atoms with Crippen molar-refractivity contribution < 1.29 is 9.53 Å². The number of anilines is 1. The third kappa shape index (κ3) is 2.39. The van der Waals surface area contributed by atoms with Gasteiger partial charge in [0.25, 0.3) is 5.91 Å². The van der Waals surface area contributed by atoms with Crippen molar-refractivity contribution >= 4 is 11.6 Å². The highest BCUT2D eigenvalue weighted by atomic mass is 16.5. The molecule has 0 saturated carbocycles. The Morgan fingerprint density at radius 2 is 1.95 bits per heavy atom. The van der Waals surface area contributed by atoms with Crippen molar-refractivity contribution in [2.24, 2.45) is 0 Å². The average Bonchev–Trinajstić information content (AvgIpc) is 2.55. The van der Waals surface area contributed by atoms with E-state index >= 15 is 0 Å². The van der Waals surface area contributed by atoms with Crippen LogP contribution in [0.4, 0.5) is 5.69 Å². The smallest absolute Gasteiger partial charge is 0.271 e. The van der Waals surface area contributed by atoms with Crippen molar-refractivity contribution in [3.63, 3.8) is 0 Å². The SMILES string of the molecule is CCC1(CC)Oc2ccc(C)cc2N(C2CCNCC2)C1=O. The molecule has 1 amide bonds. The van der Waals surface area contributed by atoms with Crippen LogP contribution in [0.25, 0.3) is 0 Å². The highest BCUT2D eigenvalue weighted by Gasteiger charge is 2.47. The number of hydrogen-bond donors (Lipinski definition) is 1. The van der Waals surface area contributed by atoms with Gasteiger partial charge < -0.3 is 15.0 Å². The molecule has 1 aromatic carbocycles. The van der Waals surface area contributed by atoms with Crippen LogP contribution in [0.2, 0.25) is 0 Å². The molecule has 0 aromatic heterocycles. The maximum Gasteiger partial charge on any atom is 0.271 e. The summed E-state index contributed by atoms with van der Waals surface area (Å²) < 4.78 is 6.20. The minimum atomic E-state index is -0.701. The van der Waals surface area contributed by atoms with Gasteiger partial charge in [-0.25, -0.2) is 0 Å². The minimum Gasteiger partial charge on any atom is -0.475 e. The van der Waals surface area contributed by atoms with E-state index in [2.05, 4.69) is 24.4 Å². The van der Waals surface area contributed by atoms with Gasteiger partial charge in [-0.2, -0.15) is 0 Å². The van der Waals surface area contributed by atoms with E-state index in [1.807, 2.05) is 24.8 Å². The van der Waals surface area contributed by atoms with Crippen molar-refractivity contribution in [2.45, 2.75) is 58.1 Å². The molecule has 22 heavy (non-hydrogen) atoms. The molecule has 0 spiro atoms. The number of nitrogens with one attached hydrogen (secondary N) is 1. The van der Waals surface area contributed by atoms with Crippen LogP contribution in [-0.4, -0.2) is 30.6 Å². The fourth-order valence-electron chi connectivity index (χ4n) is 3.61. The first kappa shape index (κ1) is 15.3. The third-order valence-corrected chi connectivity index (χ3v) is 5.10. The van der Waals surface area contributed by atoms with E-state index in [4.69, 9.17) is 4.74 Å². The molecule has 0 aliphatic carbocycles. The Labute approximate surface area is 132 Å². The fourth-order valence-corrected chi connectivity index (χ4v) is 3.61. The molecular weight excluding hydrogens is 276 g/mol. The van der Waals surface area contributed by atoms with Crippen LogP contribution in [0, 0.1) is 6.92 Å². The summed E-state index contributed by atoms with van der Waals surface area (Å²) in [5, 5.41) is 3.38. The lowest BCUT2D eigenvalue weighted by Crippen LogP contribution is -2.59. The summed E-state index contributed by atoms with van der Waals surface area (Å²) >= 11 is 0. The summed E-state index contributed by atoms with van der Waals surface area (Å²) in [7, 11) is 0. The van der Waals surface area contributed by atoms with Gasteiger partial charge in [0.1, 0.15) is 5.75 Å². The van der Waals surface area contributed by atoms with Crippen molar-refractivity contribution in [3.05, 3.63) is 23.8 Å². The molecule has 1 aromatic rings. The Kier molecular flexibility index (Phi) is 4.13. The second kappa shape index (κ2) is 5.92. The molecule has 0 atom stereocenters. The third-order valence-electron chi connectivity index (χ3n) is 5.10. The molecule has 1 N–H and O–H groups in total. The standard InChI is InChI=1S/C18H26N2O2/c1-4-18(5-2)17(21)20(14-8-10-19-11-9-14)15-12-13(3)6-7-16(15)22-18/h6-7,12,14,19H,4-5,8-11H2,1-3H3. The summed E-state index contributed by atoms with van der Waals surface area (Å²) in [6.07, 6.45) is 3.42. The Hall–Kier alpha value is -1.55. The highest BCUT2D eigenvalue weighted by molar-refractivity contribution is 6.03. The average molecular weight is 302 g/mol. The number of hydrogen-bond acceptors (Lipinski definition) is 3. The summed E-state index contributed by atoms with van der Waals surface area (Å²) in [5.41, 5.74) is 1.41. The number of nitrogens with zero attached hydrogens (tertiary/aromatic N) is 1. The zero-order chi connectivity index (χ0) is 15.7. The number of piperidine rings is 1. The Morgan fingerprint density at radius 3 is 2.59 bits per heavy atom. The van der Waals surface area contributed by atoms with Gasteiger partial charge in [-0.1, -0.05) is 19.9 Å². The van der Waals surface area contributed by atoms with Gasteiger partial charge in [0.05, 0.1) is 5.69 Å². The van der Waals surface area contributed by atoms with Gasteiger partial charge in [-0.15, -0.1) is 0 Å². The number of rotatable bonds is 3. The maximum atomic E-state index is 13.3. The van der Waals surface area contributed by atoms with Gasteiger partial charge in [-0.3, -0.25) is 4.79 Å². The van der Waals surface area contributed by atoms with Gasteiger partial charge in [0.2, 0.25) is 0 Å². The summed E-state index contributed by atoms with van der Waals surface area (Å²) in [6, 6.07) is 6.44. The number of carbonyl (C=O) groups is 1. The number of fused-ring (bicyclic) bond motifs is 1. The number of aryl methyl sites for hydroxylation is 1. The predicted octanol–water partition coefficient (Wildman–Crippen LogP) is 3.03. The van der Waals surface area contributed by atoms with E-state index in [0.29, 0.717) is 12.8 Å². The predicted molar refractivity (Wildman–Crippen MR) is 88.5 cm³/mol. The monoisotopic (exact) mass is 302 g/mol. The van der Waals surface area contributed by atoms with Crippen LogP contribution in [0.15, 0.2) is 18.2 Å². The Morgan fingerprint density at radius 1 is 1.27 bits per heavy atom. The molecule has 4 nitrogen and oxygen atoms in total. The lowest BCUT2D eigenvalue weighted by atomic mass is 9.90. The lowest BCUT2D eigenvalue weighted by Gasteiger charge is -2.46. The van der Waals surface area contributed by atoms with E-state index in [-0.39, 0.29) is 11.9 Å². The number of ether oxygens (including phenoxy) is 1. The van der Waals surface area contributed by atoms with E-state index in [1.165, 1.54) is 0 Å². The number of benzene rings is 1.